The summed E-state index contributed by atoms with van der Waals surface area (Å²) in [7, 11) is 7.91. The van der Waals surface area contributed by atoms with Crippen molar-refractivity contribution in [1.29, 1.82) is 0 Å². The minimum atomic E-state index is -0.964. The summed E-state index contributed by atoms with van der Waals surface area (Å²) in [5.74, 6) is -0.259. The van der Waals surface area contributed by atoms with Gasteiger partial charge in [-0.15, -0.1) is 0 Å². The number of carboxylic acid groups (broad SMARTS) is 1. The molecule has 0 amide bonds. The van der Waals surface area contributed by atoms with E-state index in [1.807, 2.05) is 80.1 Å². The predicted molar refractivity (Wildman–Crippen MR) is 124 cm³/mol. The van der Waals surface area contributed by atoms with Crippen LogP contribution in [0, 0.1) is 0 Å². The number of benzene rings is 3. The quantitative estimate of drug-likeness (QED) is 0.350. The third-order valence-corrected chi connectivity index (χ3v) is 5.70. The van der Waals surface area contributed by atoms with E-state index in [9.17, 15) is 9.90 Å². The van der Waals surface area contributed by atoms with Crippen molar-refractivity contribution in [2.24, 2.45) is 0 Å². The maximum Gasteiger partial charge on any atom is 0.336 e. The Bertz CT molecular complexity index is 1330. The molecule has 1 aliphatic carbocycles. The number of halogens is 1. The zero-order valence-electron chi connectivity index (χ0n) is 17.2. The molecule has 0 saturated carbocycles. The molecule has 1 N–H and O–H groups in total. The molecule has 0 unspecified atom stereocenters. The van der Waals surface area contributed by atoms with E-state index in [2.05, 4.69) is 15.9 Å². The number of anilines is 1. The second-order valence-electron chi connectivity index (χ2n) is 7.62. The standard InChI is InChI=1S/C24H21BrN2O3/c1-26(2)15-6-9-18-21(12-15)30-22-13-16(27(3)4)7-10-19(22)23(18)20-11-14(25)5-8-17(20)24(28)29/h5-13H,1-4H3/p+1. The Hall–Kier alpha value is -3.12. The fourth-order valence-corrected chi connectivity index (χ4v) is 3.98. The molecule has 30 heavy (non-hydrogen) atoms. The average molecular weight is 466 g/mol. The van der Waals surface area contributed by atoms with Crippen LogP contribution in [-0.2, 0) is 0 Å². The normalized spacial score (nSPS) is 11.1. The van der Waals surface area contributed by atoms with Crippen LogP contribution in [0.15, 0.2) is 63.5 Å². The van der Waals surface area contributed by atoms with Gasteiger partial charge in [-0.25, -0.2) is 9.37 Å². The van der Waals surface area contributed by atoms with Gasteiger partial charge in [0.2, 0.25) is 5.36 Å². The van der Waals surface area contributed by atoms with Gasteiger partial charge in [-0.1, -0.05) is 15.9 Å². The lowest BCUT2D eigenvalue weighted by Crippen LogP contribution is -2.21. The van der Waals surface area contributed by atoms with Gasteiger partial charge in [-0.2, -0.15) is 0 Å². The van der Waals surface area contributed by atoms with E-state index >= 15 is 0 Å². The first-order valence-corrected chi connectivity index (χ1v) is 10.3. The average Bonchev–Trinajstić information content (AvgIpc) is 2.70. The number of carbonyl (C=O) groups is 1. The monoisotopic (exact) mass is 465 g/mol. The van der Waals surface area contributed by atoms with Crippen molar-refractivity contribution >= 4 is 38.6 Å². The summed E-state index contributed by atoms with van der Waals surface area (Å²) in [5, 5.41) is 11.7. The number of aromatic carboxylic acids is 1. The van der Waals surface area contributed by atoms with Crippen LogP contribution in [-0.4, -0.2) is 39.3 Å². The zero-order valence-corrected chi connectivity index (χ0v) is 18.8. The Morgan fingerprint density at radius 3 is 2.43 bits per heavy atom. The fourth-order valence-electron chi connectivity index (χ4n) is 3.62. The van der Waals surface area contributed by atoms with Crippen molar-refractivity contribution in [3.8, 4) is 22.5 Å². The lowest BCUT2D eigenvalue weighted by molar-refractivity contribution is 0.0697. The molecule has 6 heteroatoms. The van der Waals surface area contributed by atoms with Crippen LogP contribution in [0.3, 0.4) is 0 Å². The van der Waals surface area contributed by atoms with Gasteiger partial charge >= 0.3 is 5.97 Å². The van der Waals surface area contributed by atoms with E-state index < -0.39 is 5.97 Å². The third kappa shape index (κ3) is 3.48. The van der Waals surface area contributed by atoms with Gasteiger partial charge in [0.15, 0.2) is 0 Å². The van der Waals surface area contributed by atoms with Crippen molar-refractivity contribution in [3.05, 3.63) is 70.0 Å². The number of carboxylic acids is 1. The fraction of sp³-hybridized carbons (Fsp3) is 0.167. The Balaban J connectivity index is 2.21. The first-order valence-electron chi connectivity index (χ1n) is 9.48. The van der Waals surface area contributed by atoms with Crippen LogP contribution in [0.5, 0.6) is 0 Å². The van der Waals surface area contributed by atoms with Gasteiger partial charge in [0, 0.05) is 52.9 Å². The van der Waals surface area contributed by atoms with Crippen LogP contribution in [0.25, 0.3) is 33.4 Å². The second-order valence-corrected chi connectivity index (χ2v) is 8.54. The summed E-state index contributed by atoms with van der Waals surface area (Å²) in [4.78, 5) is 14.0. The van der Waals surface area contributed by atoms with Gasteiger partial charge in [-0.3, -0.25) is 0 Å². The van der Waals surface area contributed by atoms with Gasteiger partial charge in [0.25, 0.3) is 0 Å². The highest BCUT2D eigenvalue weighted by Crippen LogP contribution is 2.42. The number of hydrogen-bond acceptors (Lipinski definition) is 3. The molecule has 1 heterocycles. The maximum atomic E-state index is 12.0. The maximum absolute atomic E-state index is 12.0. The lowest BCUT2D eigenvalue weighted by Gasteiger charge is -2.19. The Morgan fingerprint density at radius 1 is 1.00 bits per heavy atom. The van der Waals surface area contributed by atoms with Crippen LogP contribution < -0.4 is 14.8 Å². The molecule has 0 bridgehead atoms. The molecule has 4 rings (SSSR count). The predicted octanol–water partition coefficient (Wildman–Crippen LogP) is 4.76. The topological polar surface area (TPSA) is 56.7 Å². The van der Waals surface area contributed by atoms with Crippen molar-refractivity contribution in [3.63, 3.8) is 0 Å². The summed E-state index contributed by atoms with van der Waals surface area (Å²) in [6.45, 7) is 0. The van der Waals surface area contributed by atoms with Crippen LogP contribution in [0.4, 0.5) is 5.69 Å². The highest BCUT2D eigenvalue weighted by molar-refractivity contribution is 9.10. The smallest absolute Gasteiger partial charge is 0.336 e. The van der Waals surface area contributed by atoms with Crippen molar-refractivity contribution < 1.29 is 14.3 Å². The molecule has 1 aliphatic heterocycles. The molecule has 152 valence electrons. The first kappa shape index (κ1) is 20.2. The van der Waals surface area contributed by atoms with E-state index in [1.165, 1.54) is 0 Å². The van der Waals surface area contributed by atoms with Crippen LogP contribution in [0.1, 0.15) is 10.4 Å². The number of hydrogen-bond donors (Lipinski definition) is 1. The Kier molecular flexibility index (Phi) is 5.12. The van der Waals surface area contributed by atoms with E-state index in [4.69, 9.17) is 4.42 Å². The third-order valence-electron chi connectivity index (χ3n) is 5.20. The molecule has 0 radical (unpaired) electrons. The molecular formula is C24H22BrN2O3+. The van der Waals surface area contributed by atoms with Crippen LogP contribution in [0.2, 0.25) is 0 Å². The van der Waals surface area contributed by atoms with Gasteiger partial charge < -0.3 is 14.4 Å². The Morgan fingerprint density at radius 2 is 1.77 bits per heavy atom. The summed E-state index contributed by atoms with van der Waals surface area (Å²) < 4.78 is 9.14. The summed E-state index contributed by atoms with van der Waals surface area (Å²) in [6, 6.07) is 17.2. The van der Waals surface area contributed by atoms with Gasteiger partial charge in [0.05, 0.1) is 11.6 Å². The molecule has 0 atom stereocenters. The van der Waals surface area contributed by atoms with E-state index in [-0.39, 0.29) is 5.56 Å². The molecule has 0 aromatic heterocycles. The van der Waals surface area contributed by atoms with Crippen molar-refractivity contribution in [2.75, 3.05) is 33.1 Å². The van der Waals surface area contributed by atoms with Gasteiger partial charge in [-0.05, 0) is 42.0 Å². The molecule has 0 saturated heterocycles. The number of nitrogens with zero attached hydrogens (tertiary/aromatic N) is 2. The largest absolute Gasteiger partial charge is 0.478 e. The zero-order chi connectivity index (χ0) is 21.6. The molecular weight excluding hydrogens is 444 g/mol. The Labute approximate surface area is 183 Å². The van der Waals surface area contributed by atoms with Gasteiger partial charge in [0.1, 0.15) is 25.4 Å². The molecule has 2 aliphatic rings. The SMILES string of the molecule is CN(C)c1ccc2c(-c3cc(Br)ccc3C(=O)O)c3ccc(=[N+](C)C)cc-3oc2c1. The number of fused-ring (bicyclic) bond motifs is 2. The highest BCUT2D eigenvalue weighted by atomic mass is 79.9. The van der Waals surface area contributed by atoms with Crippen molar-refractivity contribution in [1.82, 2.24) is 4.58 Å². The number of rotatable bonds is 3. The minimum absolute atomic E-state index is 0.250. The highest BCUT2D eigenvalue weighted by Gasteiger charge is 2.22. The molecule has 2 aromatic carbocycles. The molecule has 5 nitrogen and oxygen atoms in total. The van der Waals surface area contributed by atoms with E-state index in [0.29, 0.717) is 16.9 Å². The lowest BCUT2D eigenvalue weighted by atomic mass is 9.90. The summed E-state index contributed by atoms with van der Waals surface area (Å²) in [6.07, 6.45) is 0. The van der Waals surface area contributed by atoms with E-state index in [1.54, 1.807) is 12.1 Å². The first-order chi connectivity index (χ1) is 14.3. The minimum Gasteiger partial charge on any atom is -0.478 e. The van der Waals surface area contributed by atoms with E-state index in [0.717, 1.165) is 32.0 Å². The molecule has 0 spiro atoms. The van der Waals surface area contributed by atoms with Crippen LogP contribution >= 0.6 is 15.9 Å². The molecule has 0 fully saturated rings. The summed E-state index contributed by atoms with van der Waals surface area (Å²) >= 11 is 3.50. The summed E-state index contributed by atoms with van der Waals surface area (Å²) in [5.41, 5.74) is 4.33. The molecule has 2 aromatic rings. The second kappa shape index (κ2) is 7.61. The van der Waals surface area contributed by atoms with Crippen molar-refractivity contribution in [2.45, 2.75) is 0 Å².